The van der Waals surface area contributed by atoms with E-state index in [1.807, 2.05) is 24.3 Å². The Bertz CT molecular complexity index is 401. The first kappa shape index (κ1) is 9.40. The van der Waals surface area contributed by atoms with E-state index in [4.69, 9.17) is 0 Å². The van der Waals surface area contributed by atoms with Crippen LogP contribution in [0.15, 0.2) is 33.8 Å². The molecule has 0 fully saturated rings. The van der Waals surface area contributed by atoms with Gasteiger partial charge in [-0.15, -0.1) is 0 Å². The number of hydrazone groups is 1. The summed E-state index contributed by atoms with van der Waals surface area (Å²) in [5.74, 6) is -0.0104. The summed E-state index contributed by atoms with van der Waals surface area (Å²) in [6.07, 6.45) is 1.23. The molecular formula is C10H9BrN2O. The second kappa shape index (κ2) is 3.92. The van der Waals surface area contributed by atoms with Gasteiger partial charge in [-0.25, -0.2) is 5.43 Å². The Morgan fingerprint density at radius 1 is 1.36 bits per heavy atom. The van der Waals surface area contributed by atoms with Crippen LogP contribution in [0.1, 0.15) is 18.4 Å². The largest absolute Gasteiger partial charge is 0.273 e. The van der Waals surface area contributed by atoms with E-state index in [-0.39, 0.29) is 5.91 Å². The molecule has 2 rings (SSSR count). The number of rotatable bonds is 1. The molecule has 1 aliphatic rings. The molecule has 0 aromatic heterocycles. The van der Waals surface area contributed by atoms with E-state index in [1.165, 1.54) is 0 Å². The number of carbonyl (C=O) groups is 1. The summed E-state index contributed by atoms with van der Waals surface area (Å²) in [6.45, 7) is 0. The molecule has 1 N–H and O–H groups in total. The molecule has 0 unspecified atom stereocenters. The van der Waals surface area contributed by atoms with Crippen molar-refractivity contribution in [1.82, 2.24) is 5.43 Å². The molecule has 1 aromatic rings. The monoisotopic (exact) mass is 252 g/mol. The van der Waals surface area contributed by atoms with Crippen LogP contribution < -0.4 is 5.43 Å². The quantitative estimate of drug-likeness (QED) is 0.817. The van der Waals surface area contributed by atoms with Crippen LogP contribution in [0.3, 0.4) is 0 Å². The first-order chi connectivity index (χ1) is 6.75. The topological polar surface area (TPSA) is 41.5 Å². The molecular weight excluding hydrogens is 244 g/mol. The average molecular weight is 253 g/mol. The van der Waals surface area contributed by atoms with Crippen molar-refractivity contribution in [2.75, 3.05) is 0 Å². The number of nitrogens with zero attached hydrogens (tertiary/aromatic N) is 1. The summed E-state index contributed by atoms with van der Waals surface area (Å²) in [5, 5.41) is 4.02. The Kier molecular flexibility index (Phi) is 2.63. The molecule has 14 heavy (non-hydrogen) atoms. The molecule has 1 aliphatic heterocycles. The summed E-state index contributed by atoms with van der Waals surface area (Å²) in [5.41, 5.74) is 4.47. The van der Waals surface area contributed by atoms with E-state index in [2.05, 4.69) is 26.5 Å². The van der Waals surface area contributed by atoms with Crippen molar-refractivity contribution in [2.45, 2.75) is 12.8 Å². The Morgan fingerprint density at radius 3 is 2.86 bits per heavy atom. The Hall–Kier alpha value is -1.16. The highest BCUT2D eigenvalue weighted by Crippen LogP contribution is 2.15. The van der Waals surface area contributed by atoms with Crippen molar-refractivity contribution < 1.29 is 4.79 Å². The Balaban J connectivity index is 2.27. The molecule has 4 heteroatoms. The lowest BCUT2D eigenvalue weighted by atomic mass is 10.1. The zero-order valence-electron chi connectivity index (χ0n) is 7.46. The van der Waals surface area contributed by atoms with E-state index in [0.29, 0.717) is 12.8 Å². The lowest BCUT2D eigenvalue weighted by molar-refractivity contribution is -0.121. The predicted octanol–water partition coefficient (Wildman–Crippen LogP) is 2.06. The molecule has 1 amide bonds. The Labute approximate surface area is 90.3 Å². The molecule has 0 bridgehead atoms. The van der Waals surface area contributed by atoms with Gasteiger partial charge in [0.25, 0.3) is 0 Å². The van der Waals surface area contributed by atoms with Gasteiger partial charge in [0.05, 0.1) is 5.71 Å². The van der Waals surface area contributed by atoms with Crippen LogP contribution in [0.2, 0.25) is 0 Å². The van der Waals surface area contributed by atoms with Crippen molar-refractivity contribution in [1.29, 1.82) is 0 Å². The summed E-state index contributed by atoms with van der Waals surface area (Å²) in [4.78, 5) is 10.9. The molecule has 0 saturated carbocycles. The van der Waals surface area contributed by atoms with Crippen LogP contribution in [0.25, 0.3) is 0 Å². The van der Waals surface area contributed by atoms with Gasteiger partial charge in [-0.1, -0.05) is 28.1 Å². The molecule has 1 heterocycles. The van der Waals surface area contributed by atoms with E-state index in [9.17, 15) is 4.79 Å². The van der Waals surface area contributed by atoms with E-state index in [1.54, 1.807) is 0 Å². The van der Waals surface area contributed by atoms with Crippen LogP contribution >= 0.6 is 15.9 Å². The van der Waals surface area contributed by atoms with Crippen molar-refractivity contribution in [3.8, 4) is 0 Å². The smallest absolute Gasteiger partial charge is 0.240 e. The second-order valence-electron chi connectivity index (χ2n) is 3.10. The minimum Gasteiger partial charge on any atom is -0.273 e. The summed E-state index contributed by atoms with van der Waals surface area (Å²) < 4.78 is 1.02. The lowest BCUT2D eigenvalue weighted by Crippen LogP contribution is -2.25. The number of hydrogen-bond acceptors (Lipinski definition) is 2. The predicted molar refractivity (Wildman–Crippen MR) is 58.1 cm³/mol. The fraction of sp³-hybridized carbons (Fsp3) is 0.200. The maximum Gasteiger partial charge on any atom is 0.240 e. The fourth-order valence-corrected chi connectivity index (χ4v) is 1.75. The maximum atomic E-state index is 10.9. The zero-order valence-corrected chi connectivity index (χ0v) is 9.04. The summed E-state index contributed by atoms with van der Waals surface area (Å²) in [7, 11) is 0. The van der Waals surface area contributed by atoms with Crippen molar-refractivity contribution in [3.63, 3.8) is 0 Å². The van der Waals surface area contributed by atoms with Gasteiger partial charge in [-0.3, -0.25) is 4.79 Å². The van der Waals surface area contributed by atoms with Gasteiger partial charge >= 0.3 is 0 Å². The molecule has 3 nitrogen and oxygen atoms in total. The summed E-state index contributed by atoms with van der Waals surface area (Å²) >= 11 is 3.40. The standard InChI is InChI=1S/C10H9BrN2O/c11-8-3-1-2-7(6-8)9-4-5-10(14)13-12-9/h1-3,6H,4-5H2,(H,13,14). The van der Waals surface area contributed by atoms with E-state index in [0.717, 1.165) is 15.7 Å². The molecule has 0 radical (unpaired) electrons. The molecule has 1 aromatic carbocycles. The number of benzene rings is 1. The van der Waals surface area contributed by atoms with Gasteiger partial charge in [0.2, 0.25) is 5.91 Å². The number of amides is 1. The molecule has 0 atom stereocenters. The van der Waals surface area contributed by atoms with Gasteiger partial charge in [-0.05, 0) is 17.7 Å². The first-order valence-electron chi connectivity index (χ1n) is 4.37. The highest BCUT2D eigenvalue weighted by molar-refractivity contribution is 9.10. The molecule has 0 saturated heterocycles. The fourth-order valence-electron chi connectivity index (χ4n) is 1.35. The third kappa shape index (κ3) is 2.01. The number of nitrogens with one attached hydrogen (secondary N) is 1. The van der Waals surface area contributed by atoms with E-state index < -0.39 is 0 Å². The SMILES string of the molecule is O=C1CCC(c2cccc(Br)c2)=NN1. The average Bonchev–Trinajstić information content (AvgIpc) is 2.19. The molecule has 0 spiro atoms. The summed E-state index contributed by atoms with van der Waals surface area (Å²) in [6, 6.07) is 7.90. The Morgan fingerprint density at radius 2 is 2.21 bits per heavy atom. The minimum absolute atomic E-state index is 0.0104. The maximum absolute atomic E-state index is 10.9. The van der Waals surface area contributed by atoms with Crippen LogP contribution in [0.4, 0.5) is 0 Å². The third-order valence-electron chi connectivity index (χ3n) is 2.06. The van der Waals surface area contributed by atoms with Crippen LogP contribution in [0, 0.1) is 0 Å². The number of hydrogen-bond donors (Lipinski definition) is 1. The van der Waals surface area contributed by atoms with Crippen molar-refractivity contribution >= 4 is 27.5 Å². The molecule has 0 aliphatic carbocycles. The normalized spacial score (nSPS) is 16.1. The zero-order chi connectivity index (χ0) is 9.97. The van der Waals surface area contributed by atoms with Crippen LogP contribution in [0.5, 0.6) is 0 Å². The van der Waals surface area contributed by atoms with Crippen molar-refractivity contribution in [2.24, 2.45) is 5.10 Å². The van der Waals surface area contributed by atoms with Gasteiger partial charge < -0.3 is 0 Å². The minimum atomic E-state index is -0.0104. The van der Waals surface area contributed by atoms with Gasteiger partial charge in [-0.2, -0.15) is 5.10 Å². The number of carbonyl (C=O) groups excluding carboxylic acids is 1. The van der Waals surface area contributed by atoms with Crippen LogP contribution in [-0.2, 0) is 4.79 Å². The van der Waals surface area contributed by atoms with E-state index >= 15 is 0 Å². The van der Waals surface area contributed by atoms with Gasteiger partial charge in [0, 0.05) is 17.3 Å². The first-order valence-corrected chi connectivity index (χ1v) is 5.16. The van der Waals surface area contributed by atoms with Crippen molar-refractivity contribution in [3.05, 3.63) is 34.3 Å². The van der Waals surface area contributed by atoms with Crippen LogP contribution in [-0.4, -0.2) is 11.6 Å². The molecule has 72 valence electrons. The lowest BCUT2D eigenvalue weighted by Gasteiger charge is -2.11. The van der Waals surface area contributed by atoms with Gasteiger partial charge in [0.15, 0.2) is 0 Å². The van der Waals surface area contributed by atoms with Gasteiger partial charge in [0.1, 0.15) is 0 Å². The second-order valence-corrected chi connectivity index (χ2v) is 4.02. The number of halogens is 1. The highest BCUT2D eigenvalue weighted by Gasteiger charge is 2.12. The third-order valence-corrected chi connectivity index (χ3v) is 2.56. The highest BCUT2D eigenvalue weighted by atomic mass is 79.9.